The first-order valence-corrected chi connectivity index (χ1v) is 8.02. The van der Waals surface area contributed by atoms with Crippen LogP contribution in [0.25, 0.3) is 0 Å². The molecular formula is C19H22N4O3. The largest absolute Gasteiger partial charge is 0.495 e. The van der Waals surface area contributed by atoms with Crippen LogP contribution in [0.2, 0.25) is 0 Å². The van der Waals surface area contributed by atoms with E-state index in [2.05, 4.69) is 10.2 Å². The van der Waals surface area contributed by atoms with Crippen molar-refractivity contribution in [1.29, 1.82) is 0 Å². The molecule has 0 bridgehead atoms. The fraction of sp³-hybridized carbons (Fsp3) is 0.263. The fourth-order valence-electron chi connectivity index (χ4n) is 2.76. The highest BCUT2D eigenvalue weighted by Crippen LogP contribution is 2.32. The second kappa shape index (κ2) is 7.77. The van der Waals surface area contributed by atoms with Crippen LogP contribution >= 0.6 is 0 Å². The Kier molecular flexibility index (Phi) is 5.71. The maximum atomic E-state index is 11.8. The summed E-state index contributed by atoms with van der Waals surface area (Å²) in [7, 11) is 1.54. The Balaban J connectivity index is 2.38. The molecule has 136 valence electrons. The van der Waals surface area contributed by atoms with Gasteiger partial charge in [-0.05, 0) is 49.2 Å². The second-order valence-corrected chi connectivity index (χ2v) is 5.93. The molecule has 0 radical (unpaired) electrons. The number of hydrogen-bond donors (Lipinski definition) is 1. The number of hydrogen-bond acceptors (Lipinski definition) is 6. The lowest BCUT2D eigenvalue weighted by atomic mass is 10.1. The molecule has 26 heavy (non-hydrogen) atoms. The van der Waals surface area contributed by atoms with E-state index in [1.807, 2.05) is 13.8 Å². The average Bonchev–Trinajstić information content (AvgIpc) is 2.56. The molecule has 7 nitrogen and oxygen atoms in total. The molecule has 0 spiro atoms. The van der Waals surface area contributed by atoms with Gasteiger partial charge in [0.2, 0.25) is 11.8 Å². The number of anilines is 2. The van der Waals surface area contributed by atoms with Gasteiger partial charge < -0.3 is 10.5 Å². The third kappa shape index (κ3) is 4.05. The van der Waals surface area contributed by atoms with Gasteiger partial charge in [-0.25, -0.2) is 0 Å². The predicted molar refractivity (Wildman–Crippen MR) is 101 cm³/mol. The molecule has 0 heterocycles. The smallest absolute Gasteiger partial charge is 0.230 e. The Morgan fingerprint density at radius 3 is 2.00 bits per heavy atom. The SMILES string of the molecule is COc1cc(N=Nc2cc(C)c(N(C(C)=O)C(C)=O)c(C)c2)ccc1N. The summed E-state index contributed by atoms with van der Waals surface area (Å²) in [5.41, 5.74) is 9.63. The van der Waals surface area contributed by atoms with Crippen LogP contribution in [0.4, 0.5) is 22.7 Å². The van der Waals surface area contributed by atoms with Gasteiger partial charge in [0, 0.05) is 19.9 Å². The number of imide groups is 1. The van der Waals surface area contributed by atoms with Crippen molar-refractivity contribution in [3.05, 3.63) is 41.5 Å². The number of amides is 2. The molecule has 7 heteroatoms. The molecule has 2 aromatic carbocycles. The molecule has 2 aromatic rings. The standard InChI is InChI=1S/C19H22N4O3/c1-11-8-16(9-12(2)19(11)23(13(3)24)14(4)25)22-21-15-6-7-17(20)18(10-15)26-5/h6-10H,20H2,1-5H3. The van der Waals surface area contributed by atoms with Gasteiger partial charge in [0.1, 0.15) is 5.75 Å². The molecule has 0 aromatic heterocycles. The summed E-state index contributed by atoms with van der Waals surface area (Å²) < 4.78 is 5.17. The predicted octanol–water partition coefficient (Wildman–Crippen LogP) is 4.21. The van der Waals surface area contributed by atoms with Crippen LogP contribution in [0.3, 0.4) is 0 Å². The Morgan fingerprint density at radius 2 is 1.50 bits per heavy atom. The normalized spacial score (nSPS) is 10.8. The maximum Gasteiger partial charge on any atom is 0.230 e. The van der Waals surface area contributed by atoms with Crippen LogP contribution in [0.1, 0.15) is 25.0 Å². The van der Waals surface area contributed by atoms with Gasteiger partial charge >= 0.3 is 0 Å². The van der Waals surface area contributed by atoms with Crippen LogP contribution in [0, 0.1) is 13.8 Å². The Hall–Kier alpha value is -3.22. The van der Waals surface area contributed by atoms with E-state index >= 15 is 0 Å². The van der Waals surface area contributed by atoms with Crippen molar-refractivity contribution >= 4 is 34.6 Å². The van der Waals surface area contributed by atoms with E-state index in [0.29, 0.717) is 28.5 Å². The van der Waals surface area contributed by atoms with Gasteiger partial charge in [-0.3, -0.25) is 14.5 Å². The lowest BCUT2D eigenvalue weighted by Gasteiger charge is -2.22. The van der Waals surface area contributed by atoms with Crippen molar-refractivity contribution in [3.63, 3.8) is 0 Å². The summed E-state index contributed by atoms with van der Waals surface area (Å²) in [6, 6.07) is 8.69. The van der Waals surface area contributed by atoms with E-state index in [4.69, 9.17) is 10.5 Å². The highest BCUT2D eigenvalue weighted by molar-refractivity contribution is 6.14. The van der Waals surface area contributed by atoms with Gasteiger partial charge in [0.25, 0.3) is 0 Å². The zero-order chi connectivity index (χ0) is 19.4. The summed E-state index contributed by atoms with van der Waals surface area (Å²) in [6.07, 6.45) is 0. The van der Waals surface area contributed by atoms with E-state index < -0.39 is 0 Å². The summed E-state index contributed by atoms with van der Waals surface area (Å²) in [4.78, 5) is 24.8. The van der Waals surface area contributed by atoms with E-state index in [0.717, 1.165) is 16.0 Å². The summed E-state index contributed by atoms with van der Waals surface area (Å²) in [6.45, 7) is 6.38. The minimum Gasteiger partial charge on any atom is -0.495 e. The third-order valence-electron chi connectivity index (χ3n) is 3.83. The highest BCUT2D eigenvalue weighted by Gasteiger charge is 2.20. The molecule has 0 aliphatic rings. The summed E-state index contributed by atoms with van der Waals surface area (Å²) in [5.74, 6) is -0.123. The molecule has 2 N–H and O–H groups in total. The monoisotopic (exact) mass is 354 g/mol. The number of methoxy groups -OCH3 is 1. The lowest BCUT2D eigenvalue weighted by Crippen LogP contribution is -2.34. The molecule has 0 saturated carbocycles. The number of carbonyl (C=O) groups excluding carboxylic acids is 2. The van der Waals surface area contributed by atoms with Crippen LogP contribution in [-0.2, 0) is 9.59 Å². The second-order valence-electron chi connectivity index (χ2n) is 5.93. The number of carbonyl (C=O) groups is 2. The topological polar surface area (TPSA) is 97.4 Å². The van der Waals surface area contributed by atoms with E-state index in [-0.39, 0.29) is 11.8 Å². The zero-order valence-electron chi connectivity index (χ0n) is 15.5. The van der Waals surface area contributed by atoms with Crippen LogP contribution < -0.4 is 15.4 Å². The van der Waals surface area contributed by atoms with Crippen molar-refractivity contribution in [3.8, 4) is 5.75 Å². The molecule has 0 saturated heterocycles. The number of benzene rings is 2. The molecule has 2 amide bonds. The summed E-state index contributed by atoms with van der Waals surface area (Å²) in [5, 5.41) is 8.43. The number of ether oxygens (including phenoxy) is 1. The molecule has 0 unspecified atom stereocenters. The van der Waals surface area contributed by atoms with Crippen LogP contribution in [-0.4, -0.2) is 18.9 Å². The van der Waals surface area contributed by atoms with E-state index in [9.17, 15) is 9.59 Å². The van der Waals surface area contributed by atoms with Crippen molar-refractivity contribution in [2.45, 2.75) is 27.7 Å². The first kappa shape index (κ1) is 19.1. The van der Waals surface area contributed by atoms with Gasteiger partial charge in [0.05, 0.1) is 29.9 Å². The van der Waals surface area contributed by atoms with Crippen molar-refractivity contribution in [1.82, 2.24) is 0 Å². The molecule has 0 atom stereocenters. The molecule has 0 aliphatic carbocycles. The first-order chi connectivity index (χ1) is 12.2. The Morgan fingerprint density at radius 1 is 0.962 bits per heavy atom. The number of nitrogens with two attached hydrogens (primary N) is 1. The fourth-order valence-corrected chi connectivity index (χ4v) is 2.76. The minimum atomic E-state index is -0.327. The minimum absolute atomic E-state index is 0.327. The quantitative estimate of drug-likeness (QED) is 0.657. The van der Waals surface area contributed by atoms with Crippen molar-refractivity contribution in [2.24, 2.45) is 10.2 Å². The van der Waals surface area contributed by atoms with Crippen LogP contribution in [0.15, 0.2) is 40.6 Å². The molecular weight excluding hydrogens is 332 g/mol. The number of azo groups is 1. The molecule has 0 fully saturated rings. The third-order valence-corrected chi connectivity index (χ3v) is 3.83. The Labute approximate surface area is 152 Å². The zero-order valence-corrected chi connectivity index (χ0v) is 15.5. The van der Waals surface area contributed by atoms with Gasteiger partial charge in [-0.15, -0.1) is 0 Å². The molecule has 2 rings (SSSR count). The number of rotatable bonds is 4. The number of nitrogens with zero attached hydrogens (tertiary/aromatic N) is 3. The lowest BCUT2D eigenvalue weighted by molar-refractivity contribution is -0.124. The average molecular weight is 354 g/mol. The van der Waals surface area contributed by atoms with Gasteiger partial charge in [-0.1, -0.05) is 0 Å². The van der Waals surface area contributed by atoms with Gasteiger partial charge in [-0.2, -0.15) is 10.2 Å². The molecule has 0 aliphatic heterocycles. The van der Waals surface area contributed by atoms with Crippen molar-refractivity contribution < 1.29 is 14.3 Å². The van der Waals surface area contributed by atoms with E-state index in [1.165, 1.54) is 21.0 Å². The van der Waals surface area contributed by atoms with Crippen LogP contribution in [0.5, 0.6) is 5.75 Å². The first-order valence-electron chi connectivity index (χ1n) is 8.02. The summed E-state index contributed by atoms with van der Waals surface area (Å²) >= 11 is 0. The number of nitrogen functional groups attached to an aromatic ring is 1. The Bertz CT molecular complexity index is 853. The van der Waals surface area contributed by atoms with Gasteiger partial charge in [0.15, 0.2) is 0 Å². The maximum absolute atomic E-state index is 11.8. The highest BCUT2D eigenvalue weighted by atomic mass is 16.5. The van der Waals surface area contributed by atoms with Crippen molar-refractivity contribution in [2.75, 3.05) is 17.7 Å². The number of aryl methyl sites for hydroxylation is 2. The van der Waals surface area contributed by atoms with E-state index in [1.54, 1.807) is 30.3 Å².